The van der Waals surface area contributed by atoms with Gasteiger partial charge in [-0.3, -0.25) is 9.59 Å². The van der Waals surface area contributed by atoms with Gasteiger partial charge in [0.1, 0.15) is 0 Å². The van der Waals surface area contributed by atoms with Crippen LogP contribution >= 0.6 is 23.2 Å². The van der Waals surface area contributed by atoms with Crippen molar-refractivity contribution in [1.82, 2.24) is 40.1 Å². The molecule has 0 saturated heterocycles. The van der Waals surface area contributed by atoms with Crippen molar-refractivity contribution in [3.8, 4) is 22.5 Å². The minimum absolute atomic E-state index is 0.0659. The average molecular weight is 920 g/mol. The van der Waals surface area contributed by atoms with Crippen molar-refractivity contribution < 1.29 is 9.59 Å². The van der Waals surface area contributed by atoms with Gasteiger partial charge in [-0.1, -0.05) is 59.6 Å². The first-order valence-electron chi connectivity index (χ1n) is 23.4. The summed E-state index contributed by atoms with van der Waals surface area (Å²) < 4.78 is 2.09. The molecule has 342 valence electrons. The maximum atomic E-state index is 12.6. The van der Waals surface area contributed by atoms with Crippen LogP contribution in [0, 0.1) is 11.8 Å². The van der Waals surface area contributed by atoms with Gasteiger partial charge < -0.3 is 42.3 Å². The van der Waals surface area contributed by atoms with E-state index in [1.807, 2.05) is 43.6 Å². The van der Waals surface area contributed by atoms with Gasteiger partial charge in [0.15, 0.2) is 0 Å². The largest absolute Gasteiger partial charge is 0.360 e. The number of nitrogens with two attached hydrogens (primary N) is 2. The molecule has 0 bridgehead atoms. The van der Waals surface area contributed by atoms with Crippen LogP contribution in [0.4, 0.5) is 11.9 Å². The van der Waals surface area contributed by atoms with Gasteiger partial charge in [-0.15, -0.1) is 0 Å². The van der Waals surface area contributed by atoms with Crippen LogP contribution in [0.5, 0.6) is 0 Å². The van der Waals surface area contributed by atoms with Gasteiger partial charge in [0.2, 0.25) is 23.7 Å². The lowest BCUT2D eigenvalue weighted by Gasteiger charge is -2.31. The van der Waals surface area contributed by atoms with E-state index in [-0.39, 0.29) is 59.9 Å². The topological polar surface area (TPSA) is 207 Å². The number of anilines is 2. The van der Waals surface area contributed by atoms with Crippen molar-refractivity contribution >= 4 is 68.7 Å². The Morgan fingerprint density at radius 3 is 1.71 bits per heavy atom. The van der Waals surface area contributed by atoms with E-state index < -0.39 is 0 Å². The number of rotatable bonds is 10. The van der Waals surface area contributed by atoms with Crippen LogP contribution in [0.3, 0.4) is 0 Å². The van der Waals surface area contributed by atoms with Crippen LogP contribution in [0.2, 0.25) is 10.0 Å². The number of benzene rings is 2. The summed E-state index contributed by atoms with van der Waals surface area (Å²) >= 11 is 13.0. The second-order valence-electron chi connectivity index (χ2n) is 18.7. The molecule has 2 amide bonds. The number of aryl methyl sites for hydroxylation is 1. The molecule has 4 aromatic heterocycles. The lowest BCUT2D eigenvalue weighted by Crippen LogP contribution is -2.44. The monoisotopic (exact) mass is 918 g/mol. The maximum absolute atomic E-state index is 12.6. The minimum atomic E-state index is 0.0659. The number of nitrogens with one attached hydrogen (secondary N) is 5. The molecule has 16 heteroatoms. The summed E-state index contributed by atoms with van der Waals surface area (Å²) in [6.07, 6.45) is 20.5. The summed E-state index contributed by atoms with van der Waals surface area (Å²) in [4.78, 5) is 46.9. The van der Waals surface area contributed by atoms with Crippen molar-refractivity contribution in [2.24, 2.45) is 30.4 Å². The zero-order valence-electron chi connectivity index (χ0n) is 36.9. The van der Waals surface area contributed by atoms with E-state index in [0.717, 1.165) is 129 Å². The van der Waals surface area contributed by atoms with E-state index in [2.05, 4.69) is 65.2 Å². The standard InChI is InChI=1S/C25H31ClN6O.C24H29ClN6O/c1-32-14-20(19-7-2-3-8-22(19)32)23-21(26)13-28-25(31-23)30-18-6-4-5-17(12-18)29-24(33)15-9-10-16(27)11-15;25-20-13-28-24(31-22(20)19-12-27-21-7-2-1-6-18(19)21)30-17-5-3-4-16(11-17)29-23(32)14-8-9-15(26)10-14/h2-3,7-8,13-18H,4-6,9-12,27H2,1H3,(H,29,33)(H,28,30,31);1-2,6-7,12-17,27H,3-5,8-11,26H2,(H,29,32)(H,28,30,31)/t15-,16+,17-,18+;14-,15+,16-,17+/m00/s1. The molecule has 9 N–H and O–H groups in total. The number of hydrogen-bond donors (Lipinski definition) is 7. The number of fused-ring (bicyclic) bond motifs is 2. The number of carbonyl (C=O) groups excluding carboxylic acids is 2. The molecule has 4 aliphatic rings. The molecule has 0 spiro atoms. The van der Waals surface area contributed by atoms with Crippen LogP contribution in [0.15, 0.2) is 73.3 Å². The van der Waals surface area contributed by atoms with Gasteiger partial charge in [-0.2, -0.15) is 0 Å². The number of halogens is 2. The van der Waals surface area contributed by atoms with Crippen LogP contribution in [0.25, 0.3) is 44.3 Å². The van der Waals surface area contributed by atoms with Crippen LogP contribution in [-0.2, 0) is 16.6 Å². The van der Waals surface area contributed by atoms with Crippen molar-refractivity contribution in [3.05, 3.63) is 83.4 Å². The van der Waals surface area contributed by atoms with E-state index in [1.165, 1.54) is 0 Å². The highest BCUT2D eigenvalue weighted by atomic mass is 35.5. The molecule has 0 unspecified atom stereocenters. The molecule has 4 heterocycles. The third kappa shape index (κ3) is 10.6. The van der Waals surface area contributed by atoms with E-state index in [4.69, 9.17) is 44.6 Å². The highest BCUT2D eigenvalue weighted by molar-refractivity contribution is 6.33. The minimum Gasteiger partial charge on any atom is -0.360 e. The smallest absolute Gasteiger partial charge is 0.223 e. The molecule has 0 radical (unpaired) electrons. The predicted molar refractivity (Wildman–Crippen MR) is 260 cm³/mol. The Labute approximate surface area is 389 Å². The fraction of sp³-hybridized carbons (Fsp3) is 0.469. The third-order valence-corrected chi connectivity index (χ3v) is 14.4. The second-order valence-corrected chi connectivity index (χ2v) is 19.5. The number of hydrogen-bond acceptors (Lipinski definition) is 10. The van der Waals surface area contributed by atoms with Gasteiger partial charge in [-0.05, 0) is 102 Å². The fourth-order valence-electron chi connectivity index (χ4n) is 10.5. The first-order chi connectivity index (χ1) is 31.5. The number of aromatic amines is 1. The van der Waals surface area contributed by atoms with Crippen molar-refractivity contribution in [1.29, 1.82) is 0 Å². The Bertz CT molecular complexity index is 2630. The lowest BCUT2D eigenvalue weighted by atomic mass is 9.90. The first kappa shape index (κ1) is 44.9. The van der Waals surface area contributed by atoms with Gasteiger partial charge in [0.05, 0.1) is 33.8 Å². The molecule has 8 atom stereocenters. The summed E-state index contributed by atoms with van der Waals surface area (Å²) in [5.74, 6) is 1.59. The summed E-state index contributed by atoms with van der Waals surface area (Å²) in [5.41, 5.74) is 17.5. The molecule has 4 aliphatic carbocycles. The molecule has 4 fully saturated rings. The van der Waals surface area contributed by atoms with Crippen molar-refractivity contribution in [3.63, 3.8) is 0 Å². The summed E-state index contributed by atoms with van der Waals surface area (Å²) in [7, 11) is 2.02. The predicted octanol–water partition coefficient (Wildman–Crippen LogP) is 8.50. The SMILES string of the molecule is Cn1cc(-c2nc(N[C@@H]3CCC[C@H](NC(=O)[C@H]4CC[C@@H](N)C4)C3)ncc2Cl)c2ccccc21.N[C@@H]1CC[C@H](C(=O)N[C@H]2CCC[C@@H](Nc3ncc(Cl)c(-c4c[nH]c5ccccc45)n3)C2)C1. The van der Waals surface area contributed by atoms with Crippen LogP contribution in [0.1, 0.15) is 89.9 Å². The Morgan fingerprint density at radius 1 is 0.646 bits per heavy atom. The van der Waals surface area contributed by atoms with Crippen LogP contribution < -0.4 is 32.7 Å². The summed E-state index contributed by atoms with van der Waals surface area (Å²) in [5, 5.41) is 16.7. The number of H-pyrrole nitrogens is 1. The van der Waals surface area contributed by atoms with E-state index in [0.29, 0.717) is 27.6 Å². The molecule has 6 aromatic rings. The van der Waals surface area contributed by atoms with Crippen molar-refractivity contribution in [2.75, 3.05) is 10.6 Å². The van der Waals surface area contributed by atoms with Crippen LogP contribution in [-0.4, -0.2) is 77.6 Å². The number of aromatic nitrogens is 6. The summed E-state index contributed by atoms with van der Waals surface area (Å²) in [6.45, 7) is 0. The average Bonchev–Trinajstić information content (AvgIpc) is 4.12. The Morgan fingerprint density at radius 2 is 1.15 bits per heavy atom. The fourth-order valence-corrected chi connectivity index (χ4v) is 10.9. The Kier molecular flexibility index (Phi) is 13.9. The molecule has 2 aromatic carbocycles. The lowest BCUT2D eigenvalue weighted by molar-refractivity contribution is -0.126. The quantitative estimate of drug-likeness (QED) is 0.0698. The molecule has 10 rings (SSSR count). The molecular weight excluding hydrogens is 860 g/mol. The molecule has 0 aliphatic heterocycles. The molecule has 4 saturated carbocycles. The van der Waals surface area contributed by atoms with E-state index in [1.54, 1.807) is 12.4 Å². The number of nitrogens with zero attached hydrogens (tertiary/aromatic N) is 5. The Hall–Kier alpha value is -5.28. The van der Waals surface area contributed by atoms with E-state index in [9.17, 15) is 9.59 Å². The Balaban J connectivity index is 0.000000164. The molecule has 14 nitrogen and oxygen atoms in total. The number of para-hydroxylation sites is 2. The van der Waals surface area contributed by atoms with E-state index >= 15 is 0 Å². The number of carbonyl (C=O) groups is 2. The zero-order chi connectivity index (χ0) is 45.0. The van der Waals surface area contributed by atoms with Gasteiger partial charge >= 0.3 is 0 Å². The first-order valence-corrected chi connectivity index (χ1v) is 24.1. The third-order valence-electron chi connectivity index (χ3n) is 13.9. The highest BCUT2D eigenvalue weighted by Gasteiger charge is 2.33. The van der Waals surface area contributed by atoms with Gasteiger partial charge in [0.25, 0.3) is 0 Å². The zero-order valence-corrected chi connectivity index (χ0v) is 38.4. The summed E-state index contributed by atoms with van der Waals surface area (Å²) in [6, 6.07) is 17.4. The molecule has 65 heavy (non-hydrogen) atoms. The number of amides is 2. The van der Waals surface area contributed by atoms with Crippen molar-refractivity contribution in [2.45, 2.75) is 126 Å². The maximum Gasteiger partial charge on any atom is 0.223 e. The molecular formula is C49H60Cl2N12O2. The second kappa shape index (κ2) is 20.1. The highest BCUT2D eigenvalue weighted by Crippen LogP contribution is 2.36. The van der Waals surface area contributed by atoms with Gasteiger partial charge in [-0.25, -0.2) is 19.9 Å². The van der Waals surface area contributed by atoms with Gasteiger partial charge in [0, 0.05) is 100 Å². The normalized spacial score (nSPS) is 25.5.